The molecule has 0 saturated carbocycles. The van der Waals surface area contributed by atoms with Crippen LogP contribution in [0.25, 0.3) is 0 Å². The Bertz CT molecular complexity index is 2270. The Morgan fingerprint density at radius 3 is 1.98 bits per heavy atom. The van der Waals surface area contributed by atoms with Crippen molar-refractivity contribution >= 4 is 27.3 Å². The monoisotopic (exact) mass is 834 g/mol. The Kier molecular flexibility index (Phi) is 12.3. The largest absolute Gasteiger partial charge is 0.472 e. The van der Waals surface area contributed by atoms with Crippen LogP contribution in [0.15, 0.2) is 43.8 Å². The lowest BCUT2D eigenvalue weighted by atomic mass is 10.2. The molecule has 0 amide bonds. The third-order valence-electron chi connectivity index (χ3n) is 9.19. The van der Waals surface area contributed by atoms with E-state index in [1.807, 2.05) is 0 Å². The number of ether oxygens (including phenoxy) is 3. The topological polar surface area (TPSA) is 356 Å². The average molecular weight is 835 g/mol. The number of hydrogen-bond donors (Lipinski definition) is 7. The van der Waals surface area contributed by atoms with Gasteiger partial charge in [0.15, 0.2) is 0 Å². The van der Waals surface area contributed by atoms with E-state index in [4.69, 9.17) is 43.8 Å². The molecule has 9 N–H and O–H groups in total. The van der Waals surface area contributed by atoms with E-state index in [-0.39, 0.29) is 36.5 Å². The zero-order valence-electron chi connectivity index (χ0n) is 29.6. The zero-order valence-corrected chi connectivity index (χ0v) is 31.4. The van der Waals surface area contributed by atoms with E-state index < -0.39 is 113 Å². The van der Waals surface area contributed by atoms with Crippen LogP contribution in [0.1, 0.15) is 49.1 Å². The molecule has 3 aliphatic heterocycles. The number of anilines is 2. The van der Waals surface area contributed by atoms with E-state index in [0.29, 0.717) is 5.56 Å². The molecule has 25 nitrogen and oxygen atoms in total. The maximum Gasteiger partial charge on any atom is 0.472 e. The third-order valence-corrected chi connectivity index (χ3v) is 11.2. The minimum absolute atomic E-state index is 0.00240. The van der Waals surface area contributed by atoms with Gasteiger partial charge in [0, 0.05) is 49.0 Å². The van der Waals surface area contributed by atoms with E-state index in [2.05, 4.69) is 15.0 Å². The first-order valence-corrected chi connectivity index (χ1v) is 19.9. The molecule has 3 aromatic rings. The van der Waals surface area contributed by atoms with Crippen LogP contribution in [0.5, 0.6) is 0 Å². The second-order valence-corrected chi connectivity index (χ2v) is 16.0. The number of nitrogens with two attached hydrogens (primary N) is 2. The molecule has 11 atom stereocenters. The number of phosphoric ester groups is 2. The van der Waals surface area contributed by atoms with Gasteiger partial charge >= 0.3 is 32.7 Å². The van der Waals surface area contributed by atoms with Crippen molar-refractivity contribution in [1.82, 2.24) is 28.7 Å². The van der Waals surface area contributed by atoms with Gasteiger partial charge in [-0.1, -0.05) is 0 Å². The molecule has 3 fully saturated rings. The van der Waals surface area contributed by atoms with Crippen molar-refractivity contribution in [2.45, 2.75) is 88.4 Å². The Morgan fingerprint density at radius 2 is 1.34 bits per heavy atom. The number of nitrogens with zero attached hydrogens (tertiary/aromatic N) is 5. The molecule has 0 aliphatic carbocycles. The van der Waals surface area contributed by atoms with Crippen molar-refractivity contribution in [1.29, 1.82) is 0 Å². The summed E-state index contributed by atoms with van der Waals surface area (Å²) in [7, 11) is -10.1. The van der Waals surface area contributed by atoms with Gasteiger partial charge in [-0.2, -0.15) is 9.97 Å². The van der Waals surface area contributed by atoms with Gasteiger partial charge in [0.2, 0.25) is 0 Å². The van der Waals surface area contributed by atoms with Crippen molar-refractivity contribution < 1.29 is 61.4 Å². The maximum atomic E-state index is 13.2. The number of aromatic nitrogens is 6. The minimum Gasteiger partial charge on any atom is -0.394 e. The maximum absolute atomic E-state index is 13.2. The molecule has 3 saturated heterocycles. The fourth-order valence-electron chi connectivity index (χ4n) is 6.28. The molecule has 27 heteroatoms. The zero-order chi connectivity index (χ0) is 40.7. The first kappa shape index (κ1) is 41.7. The fraction of sp³-hybridized carbons (Fsp3) is 0.586. The normalized spacial score (nSPS) is 30.0. The predicted octanol–water partition coefficient (Wildman–Crippen LogP) is -1.95. The summed E-state index contributed by atoms with van der Waals surface area (Å²) in [6.45, 7) is 0.845. The fourth-order valence-corrected chi connectivity index (χ4v) is 8.20. The highest BCUT2D eigenvalue weighted by atomic mass is 31.2. The van der Waals surface area contributed by atoms with E-state index in [9.17, 15) is 48.3 Å². The molecular formula is C29H40N8O17P2. The molecule has 0 aromatic carbocycles. The first-order valence-electron chi connectivity index (χ1n) is 16.9. The standard InChI is InChI=1S/C29H40N8O17P2/c1-13-8-36(28(42)33-25(13)31)24-6-16(18(10-38)50-24)53-56(46,47)49-12-20-17(7-23(52-20)35-4-3-21(30)32-27(35)41)54-55(44,45)48-11-19-15(39)5-22(51-19)37-9-14(2)26(40)34-29(37)43/h3-4,8-9,15-20,22-24,38-39H,5-7,10-12H2,1-2H3,(H,44,45)(H,46,47)(H2,30,32,41)(H2,31,33,42)(H,34,40,43)/t15-,16-,17-,18+,19+,20+,22+,23+,24+/m0/s1. The number of aromatic amines is 1. The van der Waals surface area contributed by atoms with Gasteiger partial charge in [0.25, 0.3) is 5.56 Å². The van der Waals surface area contributed by atoms with E-state index in [0.717, 1.165) is 13.7 Å². The van der Waals surface area contributed by atoms with Crippen LogP contribution in [-0.2, 0) is 41.4 Å². The van der Waals surface area contributed by atoms with Crippen molar-refractivity contribution in [3.8, 4) is 0 Å². The van der Waals surface area contributed by atoms with E-state index in [1.54, 1.807) is 6.92 Å². The van der Waals surface area contributed by atoms with Crippen LogP contribution >= 0.6 is 15.6 Å². The van der Waals surface area contributed by atoms with Crippen LogP contribution in [-0.4, -0.2) is 105 Å². The number of H-pyrrole nitrogens is 1. The van der Waals surface area contributed by atoms with Gasteiger partial charge in [0.05, 0.1) is 25.9 Å². The molecule has 3 aliphatic rings. The van der Waals surface area contributed by atoms with Gasteiger partial charge in [-0.3, -0.25) is 41.6 Å². The second kappa shape index (κ2) is 16.5. The lowest BCUT2D eigenvalue weighted by molar-refractivity contribution is -0.0619. The number of aliphatic hydroxyl groups excluding tert-OH is 2. The highest BCUT2D eigenvalue weighted by Crippen LogP contribution is 2.51. The summed E-state index contributed by atoms with van der Waals surface area (Å²) in [5, 5.41) is 20.4. The van der Waals surface area contributed by atoms with Crippen molar-refractivity contribution in [3.05, 3.63) is 77.6 Å². The smallest absolute Gasteiger partial charge is 0.394 e. The Hall–Kier alpha value is -3.94. The van der Waals surface area contributed by atoms with Crippen LogP contribution in [0.3, 0.4) is 0 Å². The molecule has 308 valence electrons. The first-order chi connectivity index (χ1) is 26.3. The summed E-state index contributed by atoms with van der Waals surface area (Å²) in [5.41, 5.74) is 8.89. The number of aryl methyl sites for hydroxylation is 2. The predicted molar refractivity (Wildman–Crippen MR) is 187 cm³/mol. The quantitative estimate of drug-likeness (QED) is 0.0868. The summed E-state index contributed by atoms with van der Waals surface area (Å²) in [4.78, 5) is 80.0. The Labute approximate surface area is 314 Å². The Morgan fingerprint density at radius 1 is 0.804 bits per heavy atom. The molecule has 56 heavy (non-hydrogen) atoms. The summed E-state index contributed by atoms with van der Waals surface area (Å²) in [6, 6.07) is 1.29. The summed E-state index contributed by atoms with van der Waals surface area (Å²) < 4.78 is 67.7. The summed E-state index contributed by atoms with van der Waals surface area (Å²) in [5.74, 6) is -0.105. The molecular weight excluding hydrogens is 794 g/mol. The molecule has 2 unspecified atom stereocenters. The number of aliphatic hydroxyl groups is 2. The van der Waals surface area contributed by atoms with E-state index >= 15 is 0 Å². The van der Waals surface area contributed by atoms with Crippen molar-refractivity contribution in [3.63, 3.8) is 0 Å². The van der Waals surface area contributed by atoms with Gasteiger partial charge in [0.1, 0.15) is 60.8 Å². The van der Waals surface area contributed by atoms with Crippen LogP contribution in [0, 0.1) is 13.8 Å². The molecule has 0 bridgehead atoms. The van der Waals surface area contributed by atoms with Gasteiger partial charge in [-0.15, -0.1) is 0 Å². The van der Waals surface area contributed by atoms with Gasteiger partial charge in [-0.25, -0.2) is 23.5 Å². The average Bonchev–Trinajstić information content (AvgIpc) is 3.82. The number of hydrogen-bond acceptors (Lipinski definition) is 19. The number of nitrogens with one attached hydrogen (secondary N) is 1. The van der Waals surface area contributed by atoms with Gasteiger partial charge < -0.3 is 45.7 Å². The van der Waals surface area contributed by atoms with Gasteiger partial charge in [-0.05, 0) is 19.9 Å². The molecule has 3 aromatic heterocycles. The third kappa shape index (κ3) is 9.43. The highest BCUT2D eigenvalue weighted by Gasteiger charge is 2.46. The summed E-state index contributed by atoms with van der Waals surface area (Å²) >= 11 is 0. The van der Waals surface area contributed by atoms with Crippen LogP contribution in [0.4, 0.5) is 11.6 Å². The van der Waals surface area contributed by atoms with Crippen LogP contribution < -0.4 is 34.1 Å². The second-order valence-electron chi connectivity index (χ2n) is 13.2. The minimum atomic E-state index is -5.07. The molecule has 0 spiro atoms. The highest BCUT2D eigenvalue weighted by molar-refractivity contribution is 7.47. The number of rotatable bonds is 14. The summed E-state index contributed by atoms with van der Waals surface area (Å²) in [6.07, 6.45) is -7.98. The lowest BCUT2D eigenvalue weighted by Crippen LogP contribution is -2.33. The number of nitrogen functional groups attached to an aromatic ring is 2. The van der Waals surface area contributed by atoms with Crippen molar-refractivity contribution in [2.75, 3.05) is 31.3 Å². The molecule has 0 radical (unpaired) electrons. The Balaban J connectivity index is 1.12. The molecule has 6 rings (SSSR count). The molecule has 6 heterocycles. The van der Waals surface area contributed by atoms with E-state index in [1.165, 1.54) is 31.6 Å². The van der Waals surface area contributed by atoms with Crippen LogP contribution in [0.2, 0.25) is 0 Å². The lowest BCUT2D eigenvalue weighted by Gasteiger charge is -2.24. The number of phosphoric acid groups is 2. The SMILES string of the molecule is Cc1cn([C@H]2C[C@H](OP(=O)(O)OC[C@H]3O[C@@H](n4ccc(N)nc4=O)C[C@@H]3OP(=O)(O)OC[C@H]3O[C@@H](n4cc(C)c(=O)[nH]c4=O)C[C@@H]3O)[C@@H](CO)O2)c(=O)nc1N. The van der Waals surface area contributed by atoms with Crippen molar-refractivity contribution in [2.24, 2.45) is 0 Å².